The van der Waals surface area contributed by atoms with E-state index in [2.05, 4.69) is 5.32 Å². The van der Waals surface area contributed by atoms with Crippen LogP contribution in [0, 0.1) is 5.41 Å². The molecule has 2 aliphatic rings. The van der Waals surface area contributed by atoms with Crippen molar-refractivity contribution in [2.24, 2.45) is 5.41 Å². The molecule has 1 saturated carbocycles. The van der Waals surface area contributed by atoms with Gasteiger partial charge in [-0.1, -0.05) is 6.92 Å². The lowest BCUT2D eigenvalue weighted by atomic mass is 9.74. The summed E-state index contributed by atoms with van der Waals surface area (Å²) in [6, 6.07) is 0.169. The minimum atomic E-state index is -4.43. The number of alkyl halides is 3. The van der Waals surface area contributed by atoms with Gasteiger partial charge in [-0.2, -0.15) is 13.2 Å². The zero-order chi connectivity index (χ0) is 18.4. The Balaban J connectivity index is 1.77. The number of hydrogen-bond donors (Lipinski definition) is 2. The molecule has 1 aromatic rings. The molecule has 0 spiro atoms. The molecule has 1 fully saturated rings. The topological polar surface area (TPSA) is 81.4 Å². The Hall–Kier alpha value is -1.61. The second-order valence-corrected chi connectivity index (χ2v) is 7.95. The van der Waals surface area contributed by atoms with E-state index in [0.717, 1.165) is 24.2 Å². The highest BCUT2D eigenvalue weighted by molar-refractivity contribution is 7.18. The van der Waals surface area contributed by atoms with Gasteiger partial charge >= 0.3 is 6.18 Å². The number of carbonyl (C=O) groups is 2. The van der Waals surface area contributed by atoms with Gasteiger partial charge in [0.1, 0.15) is 6.61 Å². The Morgan fingerprint density at radius 2 is 2.12 bits per heavy atom. The standard InChI is InChI=1S/C16H19F3N2O3S/c1-15(6-24-7-16(17,18)19)5-4-9-10(14(23)21-8-2-3-8)13(20)25-11(9)12(15)22/h8H,2-7,20H2,1H3,(H,21,23). The normalized spacial score (nSPS) is 23.4. The van der Waals surface area contributed by atoms with Crippen molar-refractivity contribution in [3.63, 3.8) is 0 Å². The summed E-state index contributed by atoms with van der Waals surface area (Å²) in [7, 11) is 0. The number of carbonyl (C=O) groups excluding carboxylic acids is 2. The van der Waals surface area contributed by atoms with E-state index < -0.39 is 18.2 Å². The van der Waals surface area contributed by atoms with Crippen molar-refractivity contribution in [3.8, 4) is 0 Å². The number of anilines is 1. The second-order valence-electron chi connectivity index (χ2n) is 6.89. The van der Waals surface area contributed by atoms with Crippen LogP contribution in [0.5, 0.6) is 0 Å². The third-order valence-electron chi connectivity index (χ3n) is 4.54. The number of halogens is 3. The second kappa shape index (κ2) is 6.28. The van der Waals surface area contributed by atoms with Crippen LogP contribution in [0.15, 0.2) is 0 Å². The van der Waals surface area contributed by atoms with Gasteiger partial charge in [0.25, 0.3) is 5.91 Å². The minimum absolute atomic E-state index is 0.169. The van der Waals surface area contributed by atoms with Crippen molar-refractivity contribution in [3.05, 3.63) is 16.0 Å². The molecule has 138 valence electrons. The fourth-order valence-corrected chi connectivity index (χ4v) is 4.16. The number of amides is 1. The summed E-state index contributed by atoms with van der Waals surface area (Å²) in [5.41, 5.74) is 5.87. The number of ketones is 1. The fourth-order valence-electron chi connectivity index (χ4n) is 2.96. The van der Waals surface area contributed by atoms with Crippen LogP contribution in [0.2, 0.25) is 0 Å². The summed E-state index contributed by atoms with van der Waals surface area (Å²) >= 11 is 1.03. The molecule has 1 amide bonds. The zero-order valence-electron chi connectivity index (χ0n) is 13.7. The molecule has 1 aromatic heterocycles. The Morgan fingerprint density at radius 3 is 2.72 bits per heavy atom. The van der Waals surface area contributed by atoms with Gasteiger partial charge in [-0.05, 0) is 31.2 Å². The van der Waals surface area contributed by atoms with Crippen molar-refractivity contribution < 1.29 is 27.5 Å². The van der Waals surface area contributed by atoms with Crippen LogP contribution < -0.4 is 11.1 Å². The first-order valence-electron chi connectivity index (χ1n) is 8.02. The molecule has 3 N–H and O–H groups in total. The van der Waals surface area contributed by atoms with E-state index in [-0.39, 0.29) is 29.3 Å². The molecule has 0 saturated heterocycles. The van der Waals surface area contributed by atoms with Gasteiger partial charge in [-0.25, -0.2) is 0 Å². The first-order chi connectivity index (χ1) is 11.6. The van der Waals surface area contributed by atoms with Gasteiger partial charge in [0.2, 0.25) is 0 Å². The largest absolute Gasteiger partial charge is 0.411 e. The molecule has 1 atom stereocenters. The van der Waals surface area contributed by atoms with Gasteiger partial charge in [0, 0.05) is 6.04 Å². The summed E-state index contributed by atoms with van der Waals surface area (Å²) in [4.78, 5) is 25.5. The number of rotatable bonds is 5. The molecular weight excluding hydrogens is 357 g/mol. The molecular formula is C16H19F3N2O3S. The quantitative estimate of drug-likeness (QED) is 0.828. The lowest BCUT2D eigenvalue weighted by Gasteiger charge is -2.31. The average molecular weight is 376 g/mol. The Morgan fingerprint density at radius 1 is 1.44 bits per heavy atom. The predicted molar refractivity (Wildman–Crippen MR) is 86.9 cm³/mol. The monoisotopic (exact) mass is 376 g/mol. The molecule has 0 aliphatic heterocycles. The summed E-state index contributed by atoms with van der Waals surface area (Å²) in [6.45, 7) is -0.106. The number of nitrogens with two attached hydrogens (primary N) is 1. The van der Waals surface area contributed by atoms with Crippen LogP contribution in [-0.4, -0.2) is 37.1 Å². The van der Waals surface area contributed by atoms with Gasteiger partial charge in [0.15, 0.2) is 5.78 Å². The van der Waals surface area contributed by atoms with E-state index >= 15 is 0 Å². The molecule has 2 aliphatic carbocycles. The van der Waals surface area contributed by atoms with Crippen molar-refractivity contribution in [2.45, 2.75) is 44.8 Å². The molecule has 0 aromatic carbocycles. The van der Waals surface area contributed by atoms with E-state index in [1.165, 1.54) is 0 Å². The molecule has 25 heavy (non-hydrogen) atoms. The maximum atomic E-state index is 12.8. The van der Waals surface area contributed by atoms with Crippen molar-refractivity contribution in [1.29, 1.82) is 0 Å². The predicted octanol–water partition coefficient (Wildman–Crippen LogP) is 2.94. The molecule has 9 heteroatoms. The first-order valence-corrected chi connectivity index (χ1v) is 8.84. The number of nitrogen functional groups attached to an aromatic ring is 1. The fraction of sp³-hybridized carbons (Fsp3) is 0.625. The van der Waals surface area contributed by atoms with Crippen molar-refractivity contribution in [2.75, 3.05) is 18.9 Å². The molecule has 1 unspecified atom stereocenters. The molecule has 5 nitrogen and oxygen atoms in total. The summed E-state index contributed by atoms with van der Waals surface area (Å²) in [6.07, 6.45) is -1.83. The third kappa shape index (κ3) is 3.82. The van der Waals surface area contributed by atoms with Crippen molar-refractivity contribution >= 4 is 28.0 Å². The lowest BCUT2D eigenvalue weighted by molar-refractivity contribution is -0.178. The molecule has 3 rings (SSSR count). The summed E-state index contributed by atoms with van der Waals surface area (Å²) in [5, 5.41) is 3.14. The van der Waals surface area contributed by atoms with E-state index in [1.807, 2.05) is 0 Å². The van der Waals surface area contributed by atoms with Gasteiger partial charge in [-0.15, -0.1) is 11.3 Å². The number of thiophene rings is 1. The SMILES string of the molecule is CC1(COCC(F)(F)F)CCc2c(sc(N)c2C(=O)NC2CC2)C1=O. The van der Waals surface area contributed by atoms with Crippen LogP contribution in [0.25, 0.3) is 0 Å². The van der Waals surface area contributed by atoms with E-state index in [1.54, 1.807) is 6.92 Å². The summed E-state index contributed by atoms with van der Waals surface area (Å²) in [5.74, 6) is -0.583. The van der Waals surface area contributed by atoms with Gasteiger partial charge < -0.3 is 15.8 Å². The van der Waals surface area contributed by atoms with E-state index in [0.29, 0.717) is 28.8 Å². The smallest absolute Gasteiger partial charge is 0.390 e. The highest BCUT2D eigenvalue weighted by Gasteiger charge is 2.43. The number of fused-ring (bicyclic) bond motifs is 1. The first kappa shape index (κ1) is 18.2. The highest BCUT2D eigenvalue weighted by Crippen LogP contribution is 2.43. The maximum Gasteiger partial charge on any atom is 0.411 e. The maximum absolute atomic E-state index is 12.8. The van der Waals surface area contributed by atoms with E-state index in [4.69, 9.17) is 10.5 Å². The summed E-state index contributed by atoms with van der Waals surface area (Å²) < 4.78 is 41.5. The Bertz CT molecular complexity index is 712. The third-order valence-corrected chi connectivity index (χ3v) is 5.60. The van der Waals surface area contributed by atoms with Crippen LogP contribution >= 0.6 is 11.3 Å². The minimum Gasteiger partial charge on any atom is -0.390 e. The van der Waals surface area contributed by atoms with Crippen LogP contribution in [-0.2, 0) is 11.2 Å². The Kier molecular flexibility index (Phi) is 4.57. The number of nitrogens with one attached hydrogen (secondary N) is 1. The Labute approximate surface area is 146 Å². The van der Waals surface area contributed by atoms with Crippen LogP contribution in [0.4, 0.5) is 18.2 Å². The van der Waals surface area contributed by atoms with Gasteiger partial charge in [0.05, 0.1) is 27.5 Å². The van der Waals surface area contributed by atoms with Crippen LogP contribution in [0.1, 0.15) is 51.8 Å². The van der Waals surface area contributed by atoms with Gasteiger partial charge in [-0.3, -0.25) is 9.59 Å². The molecule has 0 radical (unpaired) electrons. The zero-order valence-corrected chi connectivity index (χ0v) is 14.5. The highest BCUT2D eigenvalue weighted by atomic mass is 32.1. The lowest BCUT2D eigenvalue weighted by Crippen LogP contribution is -2.38. The average Bonchev–Trinajstić information content (AvgIpc) is 3.23. The number of Topliss-reactive ketones (excluding diaryl/α,β-unsaturated/α-hetero) is 1. The number of hydrogen-bond acceptors (Lipinski definition) is 5. The molecule has 0 bridgehead atoms. The molecule has 1 heterocycles. The van der Waals surface area contributed by atoms with Crippen molar-refractivity contribution in [1.82, 2.24) is 5.32 Å². The van der Waals surface area contributed by atoms with Crippen LogP contribution in [0.3, 0.4) is 0 Å². The number of ether oxygens (including phenoxy) is 1. The van der Waals surface area contributed by atoms with E-state index in [9.17, 15) is 22.8 Å².